The molecule has 9 heterocycles. The highest BCUT2D eigenvalue weighted by molar-refractivity contribution is 6.07. The van der Waals surface area contributed by atoms with E-state index in [1.165, 1.54) is 36.4 Å². The first-order valence-electron chi connectivity index (χ1n) is 37.1. The fourth-order valence-electron chi connectivity index (χ4n) is 11.5. The van der Waals surface area contributed by atoms with E-state index < -0.39 is 19.6 Å². The van der Waals surface area contributed by atoms with Crippen LogP contribution in [0.5, 0.6) is 0 Å². The number of aryl methyl sites for hydroxylation is 9. The Labute approximate surface area is 640 Å². The van der Waals surface area contributed by atoms with E-state index in [9.17, 15) is 14.4 Å². The Morgan fingerprint density at radius 2 is 0.716 bits per heavy atom. The topological polar surface area (TPSA) is 280 Å². The van der Waals surface area contributed by atoms with Crippen molar-refractivity contribution in [3.8, 4) is 50.8 Å². The Hall–Kier alpha value is -14.5. The number of carbonyl (C=O) groups excluding carboxylic acids is 3. The molecule has 3 amide bonds. The lowest BCUT2D eigenvalue weighted by Gasteiger charge is -2.13. The molecule has 0 aliphatic heterocycles. The van der Waals surface area contributed by atoms with E-state index >= 15 is 0 Å². The maximum Gasteiger partial charge on any atom is 0.255 e. The minimum atomic E-state index is -2.42. The molecule has 0 aliphatic carbocycles. The van der Waals surface area contributed by atoms with Crippen LogP contribution in [0.25, 0.3) is 50.8 Å². The predicted molar refractivity (Wildman–Crippen MR) is 431 cm³/mol. The zero-order valence-electron chi connectivity index (χ0n) is 65.8. The van der Waals surface area contributed by atoms with E-state index in [2.05, 4.69) is 86.7 Å². The van der Waals surface area contributed by atoms with Gasteiger partial charge in [0.2, 0.25) is 17.8 Å². The van der Waals surface area contributed by atoms with Gasteiger partial charge in [0.05, 0.1) is 41.1 Å². The van der Waals surface area contributed by atoms with Gasteiger partial charge in [-0.25, -0.2) is 39.9 Å². The number of nitrogens with zero attached hydrogens (tertiary/aromatic N) is 14. The SMILES string of the molecule is C.Cc1cc(NC(=O)c2ccc(C)c(Nc3nccc(-c4cccnc4)n3)c2)cc(-n2cnc(C)c2)c1.[2H]C([2H])([2H])c1ccc(C(=O)Nc2cc(C)cc(-n3ccc(C)c3)c2)cc1Nc1nccc(-c2cccnc2)n1.[2H]C([2H])([2H])c1ccc(C(=O)Nc2cc(C)cc(-n3cnc(C)c3)c2)cc1Nc1nccc(-c2cccnc2)n1. The molecule has 15 aromatic rings. The van der Waals surface area contributed by atoms with Gasteiger partial charge in [-0.1, -0.05) is 25.6 Å². The van der Waals surface area contributed by atoms with Crippen LogP contribution in [0, 0.1) is 62.2 Å². The molecule has 23 nitrogen and oxygen atoms in total. The molecule has 0 unspecified atom stereocenters. The largest absolute Gasteiger partial charge is 0.324 e. The van der Waals surface area contributed by atoms with Crippen molar-refractivity contribution >= 4 is 69.7 Å². The van der Waals surface area contributed by atoms with Crippen molar-refractivity contribution in [1.82, 2.24) is 68.5 Å². The molecule has 9 aromatic heterocycles. The van der Waals surface area contributed by atoms with Crippen LogP contribution in [0.15, 0.2) is 263 Å². The van der Waals surface area contributed by atoms with Crippen LogP contribution < -0.4 is 31.9 Å². The molecule has 0 saturated carbocycles. The van der Waals surface area contributed by atoms with E-state index in [4.69, 9.17) is 8.22 Å². The number of pyridine rings is 3. The van der Waals surface area contributed by atoms with E-state index in [-0.39, 0.29) is 64.8 Å². The zero-order chi connectivity index (χ0) is 80.2. The van der Waals surface area contributed by atoms with E-state index in [1.54, 1.807) is 105 Å². The average Bonchev–Trinajstić information content (AvgIpc) is 1.65. The Morgan fingerprint density at radius 1 is 0.358 bits per heavy atom. The summed E-state index contributed by atoms with van der Waals surface area (Å²) in [6.45, 7) is 8.89. The average molecular weight is 1450 g/mol. The van der Waals surface area contributed by atoms with Gasteiger partial charge in [0.25, 0.3) is 17.7 Å². The van der Waals surface area contributed by atoms with E-state index in [0.29, 0.717) is 40.0 Å². The molecule has 0 aliphatic rings. The second-order valence-electron chi connectivity index (χ2n) is 25.4. The first-order valence-corrected chi connectivity index (χ1v) is 34.1. The summed E-state index contributed by atoms with van der Waals surface area (Å²) in [6.07, 6.45) is 26.3. The Kier molecular flexibility index (Phi) is 20.7. The second kappa shape index (κ2) is 34.0. The molecular formula is C86H80N20O3. The van der Waals surface area contributed by atoms with Crippen LogP contribution in [0.4, 0.5) is 52.0 Å². The van der Waals surface area contributed by atoms with Gasteiger partial charge < -0.3 is 45.6 Å². The van der Waals surface area contributed by atoms with Crippen LogP contribution in [0.3, 0.4) is 0 Å². The molecule has 0 bridgehead atoms. The Balaban J connectivity index is 0.000000159. The van der Waals surface area contributed by atoms with Crippen molar-refractivity contribution in [3.63, 3.8) is 0 Å². The number of nitrogens with one attached hydrogen (secondary N) is 6. The highest BCUT2D eigenvalue weighted by Crippen LogP contribution is 2.30. The van der Waals surface area contributed by atoms with Crippen LogP contribution >= 0.6 is 0 Å². The number of aromatic nitrogens is 14. The van der Waals surface area contributed by atoms with Crippen LogP contribution in [-0.2, 0) is 0 Å². The van der Waals surface area contributed by atoms with Crippen molar-refractivity contribution in [3.05, 3.63) is 330 Å². The van der Waals surface area contributed by atoms with E-state index in [0.717, 1.165) is 84.3 Å². The maximum atomic E-state index is 13.3. The molecule has 542 valence electrons. The number of anilines is 9. The van der Waals surface area contributed by atoms with Gasteiger partial charge in [0, 0.05) is 173 Å². The van der Waals surface area contributed by atoms with E-state index in [1.807, 2.05) is 184 Å². The number of amides is 3. The third-order valence-electron chi connectivity index (χ3n) is 16.8. The summed E-state index contributed by atoms with van der Waals surface area (Å²) in [7, 11) is 0. The molecule has 0 fully saturated rings. The maximum absolute atomic E-state index is 13.3. The molecule has 0 saturated heterocycles. The molecule has 109 heavy (non-hydrogen) atoms. The van der Waals surface area contributed by atoms with Crippen molar-refractivity contribution in [2.45, 2.75) is 69.6 Å². The molecule has 6 N–H and O–H groups in total. The van der Waals surface area contributed by atoms with Crippen molar-refractivity contribution in [2.24, 2.45) is 0 Å². The summed E-state index contributed by atoms with van der Waals surface area (Å²) in [5, 5.41) is 18.1. The smallest absolute Gasteiger partial charge is 0.255 e. The molecule has 0 atom stereocenters. The zero-order valence-corrected chi connectivity index (χ0v) is 59.8. The fraction of sp³-hybridized carbons (Fsp3) is 0.116. The lowest BCUT2D eigenvalue weighted by Crippen LogP contribution is -2.13. The first-order chi connectivity index (χ1) is 54.7. The van der Waals surface area contributed by atoms with Crippen molar-refractivity contribution in [1.29, 1.82) is 0 Å². The van der Waals surface area contributed by atoms with Crippen LogP contribution in [0.2, 0.25) is 0 Å². The standard InChI is InChI=1S/C29H26N6O.2C28H25N7O.CH4/c1-19-9-12-35(18-19)25-14-20(2)13-24(16-25)32-28(36)22-7-6-21(3)27(15-22)34-29-31-11-8-26(33-29)23-5-4-10-30-17-23;2*1-18-11-23(14-24(12-18)35-16-20(3)31-17-35)32-27(36)21-7-6-19(2)26(13-21)34-28-30-10-8-25(33-28)22-5-4-9-29-15-22;/h4-18H,1-3H3,(H,32,36)(H,31,33,34);2*4-17H,1-3H3,(H,32,36)(H,30,33,34);1H4/i3D3;2D3;;. The minimum absolute atomic E-state index is 0. The number of carbonyl (C=O) groups is 3. The normalized spacial score (nSPS) is 11.7. The highest BCUT2D eigenvalue weighted by atomic mass is 16.2. The van der Waals surface area contributed by atoms with Gasteiger partial charge in [-0.05, 0) is 253 Å². The second-order valence-corrected chi connectivity index (χ2v) is 25.4. The monoisotopic (exact) mass is 1450 g/mol. The molecule has 15 rings (SSSR count). The van der Waals surface area contributed by atoms with Gasteiger partial charge >= 0.3 is 0 Å². The molecular weight excluding hydrogens is 1360 g/mol. The molecule has 0 spiro atoms. The summed E-state index contributed by atoms with van der Waals surface area (Å²) < 4.78 is 53.7. The fourth-order valence-corrected chi connectivity index (χ4v) is 11.5. The van der Waals surface area contributed by atoms with Crippen molar-refractivity contribution in [2.75, 3.05) is 31.9 Å². The number of rotatable bonds is 18. The lowest BCUT2D eigenvalue weighted by atomic mass is 10.1. The number of hydrogen-bond acceptors (Lipinski definition) is 17. The molecule has 0 radical (unpaired) electrons. The molecule has 6 aromatic carbocycles. The Bertz CT molecular complexity index is 5750. The summed E-state index contributed by atoms with van der Waals surface area (Å²) in [4.78, 5) is 87.0. The molecule has 23 heteroatoms. The third kappa shape index (κ3) is 19.3. The van der Waals surface area contributed by atoms with Crippen molar-refractivity contribution < 1.29 is 22.6 Å². The number of benzene rings is 6. The van der Waals surface area contributed by atoms with Gasteiger partial charge in [0.1, 0.15) is 0 Å². The van der Waals surface area contributed by atoms with Gasteiger partial charge in [-0.15, -0.1) is 0 Å². The predicted octanol–water partition coefficient (Wildman–Crippen LogP) is 18.2. The lowest BCUT2D eigenvalue weighted by molar-refractivity contribution is 0.101. The first kappa shape index (κ1) is 66.5. The van der Waals surface area contributed by atoms with Gasteiger partial charge in [0.15, 0.2) is 0 Å². The van der Waals surface area contributed by atoms with Crippen LogP contribution in [-0.4, -0.2) is 86.2 Å². The number of hydrogen-bond donors (Lipinski definition) is 6. The summed E-state index contributed by atoms with van der Waals surface area (Å²) >= 11 is 0. The summed E-state index contributed by atoms with van der Waals surface area (Å²) in [6, 6.07) is 50.2. The highest BCUT2D eigenvalue weighted by Gasteiger charge is 2.17. The van der Waals surface area contributed by atoms with Crippen LogP contribution in [0.1, 0.15) is 97.1 Å². The third-order valence-corrected chi connectivity index (χ3v) is 16.8. The number of imidazole rings is 2. The summed E-state index contributed by atoms with van der Waals surface area (Å²) in [5.74, 6) is -0.139. The van der Waals surface area contributed by atoms with Gasteiger partial charge in [-0.2, -0.15) is 0 Å². The Morgan fingerprint density at radius 3 is 1.04 bits per heavy atom. The quantitative estimate of drug-likeness (QED) is 0.0466. The summed E-state index contributed by atoms with van der Waals surface area (Å²) in [5.41, 5.74) is 18.4. The minimum Gasteiger partial charge on any atom is -0.324 e. The van der Waals surface area contributed by atoms with Gasteiger partial charge in [-0.3, -0.25) is 29.3 Å².